The van der Waals surface area contributed by atoms with Crippen molar-refractivity contribution < 1.29 is 4.74 Å². The number of nitrogens with zero attached hydrogens (tertiary/aromatic N) is 1. The minimum absolute atomic E-state index is 0.162. The van der Waals surface area contributed by atoms with E-state index in [2.05, 4.69) is 10.3 Å². The third-order valence-corrected chi connectivity index (χ3v) is 2.67. The summed E-state index contributed by atoms with van der Waals surface area (Å²) in [6, 6.07) is 5.31. The smallest absolute Gasteiger partial charge is 0.161 e. The van der Waals surface area contributed by atoms with Crippen molar-refractivity contribution >= 4 is 23.1 Å². The van der Waals surface area contributed by atoms with Crippen LogP contribution in [0.4, 0.5) is 5.69 Å². The molecule has 1 atom stereocenters. The van der Waals surface area contributed by atoms with Crippen LogP contribution in [0.25, 0.3) is 0 Å². The summed E-state index contributed by atoms with van der Waals surface area (Å²) in [6.07, 6.45) is -0.162. The molecular weight excluding hydrogens is 226 g/mol. The predicted molar refractivity (Wildman–Crippen MR) is 66.3 cm³/mol. The number of rotatable bonds is 3. The van der Waals surface area contributed by atoms with Gasteiger partial charge in [0.05, 0.1) is 17.3 Å². The van der Waals surface area contributed by atoms with Gasteiger partial charge in [0.2, 0.25) is 0 Å². The van der Waals surface area contributed by atoms with Crippen molar-refractivity contribution in [3.8, 4) is 5.75 Å². The van der Waals surface area contributed by atoms with Crippen molar-refractivity contribution in [2.75, 3.05) is 18.8 Å². The molecule has 16 heavy (non-hydrogen) atoms. The van der Waals surface area contributed by atoms with E-state index in [1.807, 2.05) is 6.92 Å². The molecule has 0 aliphatic carbocycles. The number of para-hydroxylation sites is 1. The molecule has 1 aromatic rings. The number of nitrogens with one attached hydrogen (secondary N) is 1. The summed E-state index contributed by atoms with van der Waals surface area (Å²) in [5.74, 6) is 1.37. The zero-order chi connectivity index (χ0) is 11.5. The number of hydrogen-bond acceptors (Lipinski definition) is 4. The van der Waals surface area contributed by atoms with Gasteiger partial charge in [0, 0.05) is 6.54 Å². The van der Waals surface area contributed by atoms with Crippen molar-refractivity contribution in [2.24, 2.45) is 4.99 Å². The highest BCUT2D eigenvalue weighted by Gasteiger charge is 2.17. The number of nitrogen functional groups attached to an aromatic ring is 1. The Morgan fingerprint density at radius 2 is 2.38 bits per heavy atom. The Labute approximate surface area is 99.5 Å². The Morgan fingerprint density at radius 3 is 3.00 bits per heavy atom. The van der Waals surface area contributed by atoms with Crippen LogP contribution in [-0.2, 0) is 0 Å². The highest BCUT2D eigenvalue weighted by Crippen LogP contribution is 2.31. The second kappa shape index (κ2) is 4.61. The van der Waals surface area contributed by atoms with Crippen molar-refractivity contribution in [3.05, 3.63) is 23.2 Å². The maximum atomic E-state index is 6.02. The van der Waals surface area contributed by atoms with Crippen LogP contribution in [0, 0.1) is 0 Å². The molecule has 86 valence electrons. The third kappa shape index (κ3) is 2.22. The van der Waals surface area contributed by atoms with Crippen LogP contribution in [0.15, 0.2) is 23.2 Å². The maximum Gasteiger partial charge on any atom is 0.161 e. The average molecular weight is 240 g/mol. The van der Waals surface area contributed by atoms with E-state index < -0.39 is 0 Å². The number of halogens is 1. The molecule has 0 aromatic heterocycles. The van der Waals surface area contributed by atoms with Crippen LogP contribution in [-0.4, -0.2) is 25.0 Å². The van der Waals surface area contributed by atoms with Crippen LogP contribution in [0.1, 0.15) is 6.92 Å². The molecule has 0 radical (unpaired) electrons. The van der Waals surface area contributed by atoms with Crippen LogP contribution in [0.2, 0.25) is 5.02 Å². The molecule has 1 aliphatic rings. The Balaban J connectivity index is 2.14. The zero-order valence-electron chi connectivity index (χ0n) is 9.03. The molecule has 0 amide bonds. The molecule has 5 heteroatoms. The first kappa shape index (κ1) is 11.1. The van der Waals surface area contributed by atoms with E-state index in [9.17, 15) is 0 Å². The SMILES string of the molecule is CC(Oc1c(N)cccc1Cl)C1=NCCN1. The molecule has 0 spiro atoms. The summed E-state index contributed by atoms with van der Waals surface area (Å²) >= 11 is 6.02. The predicted octanol–water partition coefficient (Wildman–Crippen LogP) is 1.69. The third-order valence-electron chi connectivity index (χ3n) is 2.38. The monoisotopic (exact) mass is 239 g/mol. The average Bonchev–Trinajstić information content (AvgIpc) is 2.76. The van der Waals surface area contributed by atoms with Crippen molar-refractivity contribution in [1.29, 1.82) is 0 Å². The minimum atomic E-state index is -0.162. The van der Waals surface area contributed by atoms with E-state index in [4.69, 9.17) is 22.1 Å². The molecule has 0 fully saturated rings. The van der Waals surface area contributed by atoms with Crippen LogP contribution < -0.4 is 15.8 Å². The van der Waals surface area contributed by atoms with Gasteiger partial charge in [-0.05, 0) is 19.1 Å². The van der Waals surface area contributed by atoms with Crippen LogP contribution >= 0.6 is 11.6 Å². The molecular formula is C11H14ClN3O. The highest BCUT2D eigenvalue weighted by molar-refractivity contribution is 6.32. The first-order valence-corrected chi connectivity index (χ1v) is 5.55. The molecule has 0 saturated carbocycles. The van der Waals surface area contributed by atoms with Gasteiger partial charge in [-0.1, -0.05) is 17.7 Å². The fourth-order valence-corrected chi connectivity index (χ4v) is 1.80. The Kier molecular flexibility index (Phi) is 3.19. The van der Waals surface area contributed by atoms with Crippen LogP contribution in [0.3, 0.4) is 0 Å². The molecule has 1 unspecified atom stereocenters. The van der Waals surface area contributed by atoms with Gasteiger partial charge in [0.1, 0.15) is 5.84 Å². The van der Waals surface area contributed by atoms with Crippen LogP contribution in [0.5, 0.6) is 5.75 Å². The van der Waals surface area contributed by atoms with Crippen molar-refractivity contribution in [3.63, 3.8) is 0 Å². The second-order valence-corrected chi connectivity index (χ2v) is 4.02. The first-order valence-electron chi connectivity index (χ1n) is 5.17. The second-order valence-electron chi connectivity index (χ2n) is 3.61. The number of anilines is 1. The standard InChI is InChI=1S/C11H14ClN3O/c1-7(11-14-5-6-15-11)16-10-8(12)3-2-4-9(10)13/h2-4,7H,5-6,13H2,1H3,(H,14,15). The lowest BCUT2D eigenvalue weighted by Gasteiger charge is -2.17. The normalized spacial score (nSPS) is 16.5. The Bertz CT molecular complexity index is 399. The lowest BCUT2D eigenvalue weighted by Crippen LogP contribution is -2.33. The molecule has 1 aliphatic heterocycles. The van der Waals surface area contributed by atoms with Gasteiger partial charge >= 0.3 is 0 Å². The Hall–Kier alpha value is -1.42. The number of hydrogen-bond donors (Lipinski definition) is 2. The van der Waals surface area contributed by atoms with E-state index in [0.717, 1.165) is 18.9 Å². The zero-order valence-corrected chi connectivity index (χ0v) is 9.79. The fraction of sp³-hybridized carbons (Fsp3) is 0.364. The molecule has 2 rings (SSSR count). The molecule has 1 aromatic carbocycles. The number of aliphatic imine (C=N–C) groups is 1. The summed E-state index contributed by atoms with van der Waals surface area (Å²) in [5.41, 5.74) is 6.34. The number of ether oxygens (including phenoxy) is 1. The van der Waals surface area contributed by atoms with E-state index in [0.29, 0.717) is 16.5 Å². The van der Waals surface area contributed by atoms with Crippen molar-refractivity contribution in [2.45, 2.75) is 13.0 Å². The number of benzene rings is 1. The maximum absolute atomic E-state index is 6.02. The van der Waals surface area contributed by atoms with E-state index in [1.54, 1.807) is 18.2 Å². The minimum Gasteiger partial charge on any atom is -0.479 e. The summed E-state index contributed by atoms with van der Waals surface area (Å²) in [7, 11) is 0. The molecule has 3 N–H and O–H groups in total. The van der Waals surface area contributed by atoms with Gasteiger partial charge in [0.25, 0.3) is 0 Å². The topological polar surface area (TPSA) is 59.6 Å². The first-order chi connectivity index (χ1) is 7.68. The van der Waals surface area contributed by atoms with E-state index >= 15 is 0 Å². The van der Waals surface area contributed by atoms with Gasteiger partial charge in [-0.3, -0.25) is 4.99 Å². The number of nitrogens with two attached hydrogens (primary N) is 1. The van der Waals surface area contributed by atoms with Gasteiger partial charge < -0.3 is 15.8 Å². The summed E-state index contributed by atoms with van der Waals surface area (Å²) in [4.78, 5) is 4.29. The largest absolute Gasteiger partial charge is 0.479 e. The molecule has 0 saturated heterocycles. The summed E-state index contributed by atoms with van der Waals surface area (Å²) in [5, 5.41) is 3.68. The van der Waals surface area contributed by atoms with Gasteiger partial charge in [0.15, 0.2) is 11.9 Å². The fourth-order valence-electron chi connectivity index (χ4n) is 1.57. The lowest BCUT2D eigenvalue weighted by molar-refractivity contribution is 0.285. The Morgan fingerprint density at radius 1 is 1.56 bits per heavy atom. The van der Waals surface area contributed by atoms with Gasteiger partial charge in [-0.2, -0.15) is 0 Å². The number of amidine groups is 1. The summed E-state index contributed by atoms with van der Waals surface area (Å²) < 4.78 is 5.71. The lowest BCUT2D eigenvalue weighted by atomic mass is 10.3. The van der Waals surface area contributed by atoms with E-state index in [-0.39, 0.29) is 6.10 Å². The quantitative estimate of drug-likeness (QED) is 0.790. The highest BCUT2D eigenvalue weighted by atomic mass is 35.5. The molecule has 4 nitrogen and oxygen atoms in total. The van der Waals surface area contributed by atoms with Crippen molar-refractivity contribution in [1.82, 2.24) is 5.32 Å². The van der Waals surface area contributed by atoms with Gasteiger partial charge in [-0.25, -0.2) is 0 Å². The molecule has 0 bridgehead atoms. The van der Waals surface area contributed by atoms with E-state index in [1.165, 1.54) is 0 Å². The van der Waals surface area contributed by atoms with Gasteiger partial charge in [-0.15, -0.1) is 0 Å². The summed E-state index contributed by atoms with van der Waals surface area (Å²) in [6.45, 7) is 3.57. The molecule has 1 heterocycles.